The van der Waals surface area contributed by atoms with Gasteiger partial charge in [0.15, 0.2) is 12.6 Å². The second-order valence-electron chi connectivity index (χ2n) is 9.32. The van der Waals surface area contributed by atoms with Crippen molar-refractivity contribution in [1.82, 2.24) is 0 Å². The van der Waals surface area contributed by atoms with E-state index in [9.17, 15) is 10.0 Å². The van der Waals surface area contributed by atoms with E-state index in [4.69, 9.17) is 37.9 Å². The number of ether oxygens (including phenoxy) is 8. The first-order valence-corrected chi connectivity index (χ1v) is 14.2. The topological polar surface area (TPSA) is 114 Å². The predicted molar refractivity (Wildman–Crippen MR) is 153 cm³/mol. The molecule has 2 aliphatic rings. The minimum absolute atomic E-state index is 0.0885. The summed E-state index contributed by atoms with van der Waals surface area (Å²) in [4.78, 5) is 0. The van der Waals surface area contributed by atoms with Crippen LogP contribution in [-0.4, -0.2) is 71.4 Å². The fourth-order valence-electron chi connectivity index (χ4n) is 4.40. The van der Waals surface area contributed by atoms with Gasteiger partial charge in [0.2, 0.25) is 0 Å². The van der Waals surface area contributed by atoms with Gasteiger partial charge in [-0.25, -0.2) is 0 Å². The minimum Gasteiger partial charge on any atom is -0.497 e. The number of benzene rings is 2. The molecule has 10 nitrogen and oxygen atoms in total. The molecule has 0 bridgehead atoms. The van der Waals surface area contributed by atoms with Gasteiger partial charge in [0.25, 0.3) is 0 Å². The molecule has 2 heterocycles. The maximum atomic E-state index is 9.42. The molecule has 0 aromatic heterocycles. The van der Waals surface area contributed by atoms with Gasteiger partial charge >= 0.3 is 7.12 Å². The highest BCUT2D eigenvalue weighted by Gasteiger charge is 2.24. The van der Waals surface area contributed by atoms with Gasteiger partial charge in [-0.15, -0.1) is 0 Å². The molecule has 4 rings (SSSR count). The summed E-state index contributed by atoms with van der Waals surface area (Å²) in [5.41, 5.74) is 2.03. The van der Waals surface area contributed by atoms with Crippen LogP contribution in [0.25, 0.3) is 0 Å². The SMILES string of the molecule is COc1cc(COC2CCCCO2)cc(OC)c1B(O)O.COc1cc(COC2CCCCO2)cc(OC)c1Br. The summed E-state index contributed by atoms with van der Waals surface area (Å²) in [5, 5.41) is 18.8. The smallest absolute Gasteiger partial charge is 0.496 e. The van der Waals surface area contributed by atoms with E-state index in [-0.39, 0.29) is 18.0 Å². The number of hydrogen-bond acceptors (Lipinski definition) is 10. The van der Waals surface area contributed by atoms with E-state index < -0.39 is 7.12 Å². The van der Waals surface area contributed by atoms with E-state index in [0.29, 0.717) is 24.7 Å². The van der Waals surface area contributed by atoms with Crippen LogP contribution in [0.2, 0.25) is 0 Å². The average Bonchev–Trinajstić information content (AvgIpc) is 3.00. The van der Waals surface area contributed by atoms with Crippen LogP contribution in [0.15, 0.2) is 28.7 Å². The van der Waals surface area contributed by atoms with Gasteiger partial charge in [-0.2, -0.15) is 0 Å². The molecule has 2 saturated heterocycles. The average molecular weight is 627 g/mol. The lowest BCUT2D eigenvalue weighted by Crippen LogP contribution is -2.33. The molecular formula is C28H40BBrO10. The van der Waals surface area contributed by atoms with E-state index in [1.807, 2.05) is 12.1 Å². The van der Waals surface area contributed by atoms with Crippen LogP contribution in [0.5, 0.6) is 23.0 Å². The van der Waals surface area contributed by atoms with Crippen molar-refractivity contribution < 1.29 is 47.9 Å². The summed E-state index contributed by atoms with van der Waals surface area (Å²) < 4.78 is 44.3. The lowest BCUT2D eigenvalue weighted by molar-refractivity contribution is -0.169. The molecule has 2 unspecified atom stereocenters. The van der Waals surface area contributed by atoms with Crippen molar-refractivity contribution in [1.29, 1.82) is 0 Å². The Kier molecular flexibility index (Phi) is 13.8. The molecule has 2 aliphatic heterocycles. The molecule has 2 atom stereocenters. The summed E-state index contributed by atoms with van der Waals surface area (Å²) >= 11 is 3.45. The van der Waals surface area contributed by atoms with Gasteiger partial charge in [0.1, 0.15) is 27.5 Å². The molecular weight excluding hydrogens is 587 g/mol. The second kappa shape index (κ2) is 17.0. The third kappa shape index (κ3) is 9.51. The molecule has 222 valence electrons. The highest BCUT2D eigenvalue weighted by Crippen LogP contribution is 2.36. The minimum atomic E-state index is -1.66. The Morgan fingerprint density at radius 3 is 1.43 bits per heavy atom. The van der Waals surface area contributed by atoms with Crippen LogP contribution in [0.4, 0.5) is 0 Å². The van der Waals surface area contributed by atoms with Crippen LogP contribution in [0.3, 0.4) is 0 Å². The Labute approximate surface area is 245 Å². The fraction of sp³-hybridized carbons (Fsp3) is 0.571. The van der Waals surface area contributed by atoms with E-state index >= 15 is 0 Å². The van der Waals surface area contributed by atoms with Crippen molar-refractivity contribution in [3.05, 3.63) is 39.9 Å². The largest absolute Gasteiger partial charge is 0.497 e. The molecule has 2 aromatic carbocycles. The maximum absolute atomic E-state index is 9.42. The Balaban J connectivity index is 0.000000222. The first kappa shape index (κ1) is 32.5. The molecule has 2 fully saturated rings. The summed E-state index contributed by atoms with van der Waals surface area (Å²) in [5.74, 6) is 2.19. The van der Waals surface area contributed by atoms with Crippen molar-refractivity contribution in [3.63, 3.8) is 0 Å². The first-order chi connectivity index (χ1) is 19.4. The molecule has 2 N–H and O–H groups in total. The monoisotopic (exact) mass is 626 g/mol. The van der Waals surface area contributed by atoms with Crippen LogP contribution in [0, 0.1) is 0 Å². The fourth-order valence-corrected chi connectivity index (χ4v) is 4.95. The highest BCUT2D eigenvalue weighted by atomic mass is 79.9. The lowest BCUT2D eigenvalue weighted by Gasteiger charge is -2.23. The normalized spacial score (nSPS) is 18.8. The highest BCUT2D eigenvalue weighted by molar-refractivity contribution is 9.10. The Hall–Kier alpha value is -2.06. The summed E-state index contributed by atoms with van der Waals surface area (Å²) in [6, 6.07) is 7.30. The summed E-state index contributed by atoms with van der Waals surface area (Å²) in [7, 11) is 4.54. The molecule has 0 amide bonds. The van der Waals surface area contributed by atoms with Gasteiger partial charge in [-0.1, -0.05) is 0 Å². The van der Waals surface area contributed by atoms with Gasteiger partial charge in [0.05, 0.1) is 47.1 Å². The zero-order chi connectivity index (χ0) is 28.9. The number of halogens is 1. The summed E-state index contributed by atoms with van der Waals surface area (Å²) in [6.45, 7) is 2.36. The lowest BCUT2D eigenvalue weighted by atomic mass is 9.78. The van der Waals surface area contributed by atoms with Gasteiger partial charge in [0, 0.05) is 13.2 Å². The van der Waals surface area contributed by atoms with Crippen molar-refractivity contribution in [2.24, 2.45) is 0 Å². The molecule has 0 spiro atoms. The van der Waals surface area contributed by atoms with Crippen LogP contribution < -0.4 is 24.4 Å². The zero-order valence-corrected chi connectivity index (χ0v) is 25.2. The molecule has 40 heavy (non-hydrogen) atoms. The molecule has 0 aliphatic carbocycles. The predicted octanol–water partition coefficient (Wildman–Crippen LogP) is 3.94. The maximum Gasteiger partial charge on any atom is 0.496 e. The Bertz CT molecular complexity index is 992. The van der Waals surface area contributed by atoms with Crippen LogP contribution in [-0.2, 0) is 32.2 Å². The van der Waals surface area contributed by atoms with Crippen LogP contribution in [0.1, 0.15) is 49.7 Å². The quantitative estimate of drug-likeness (QED) is 0.356. The van der Waals surface area contributed by atoms with Gasteiger partial charge < -0.3 is 47.9 Å². The van der Waals surface area contributed by atoms with E-state index in [1.54, 1.807) is 26.4 Å². The third-order valence-electron chi connectivity index (χ3n) is 6.51. The Morgan fingerprint density at radius 1 is 0.700 bits per heavy atom. The molecule has 0 radical (unpaired) electrons. The molecule has 0 saturated carbocycles. The first-order valence-electron chi connectivity index (χ1n) is 13.4. The van der Waals surface area contributed by atoms with E-state index in [1.165, 1.54) is 14.2 Å². The number of methoxy groups -OCH3 is 4. The van der Waals surface area contributed by atoms with Crippen molar-refractivity contribution >= 4 is 28.5 Å². The number of rotatable bonds is 11. The van der Waals surface area contributed by atoms with Gasteiger partial charge in [-0.3, -0.25) is 0 Å². The van der Waals surface area contributed by atoms with Crippen molar-refractivity contribution in [2.75, 3.05) is 41.7 Å². The number of hydrogen-bond donors (Lipinski definition) is 2. The van der Waals surface area contributed by atoms with Gasteiger partial charge in [-0.05, 0) is 89.8 Å². The molecule has 2 aromatic rings. The molecule has 12 heteroatoms. The Morgan fingerprint density at radius 2 is 1.10 bits per heavy atom. The van der Waals surface area contributed by atoms with E-state index in [0.717, 1.165) is 78.8 Å². The van der Waals surface area contributed by atoms with E-state index in [2.05, 4.69) is 15.9 Å². The standard InChI is InChI=1S/C14H21BO6.C14H19BrO4/c1-18-11-7-10(8-12(19-2)14(11)15(16)17)9-21-13-5-3-4-6-20-13;1-16-11-7-10(8-12(17-2)14(11)15)9-19-13-5-3-4-6-18-13/h7-8,13,16-17H,3-6,9H2,1-2H3;7-8,13H,3-6,9H2,1-2H3. The van der Waals surface area contributed by atoms with Crippen LogP contribution >= 0.6 is 15.9 Å². The van der Waals surface area contributed by atoms with Crippen molar-refractivity contribution in [3.8, 4) is 23.0 Å². The second-order valence-corrected chi connectivity index (χ2v) is 10.1. The zero-order valence-electron chi connectivity index (χ0n) is 23.7. The van der Waals surface area contributed by atoms with Crippen molar-refractivity contribution in [2.45, 2.75) is 64.3 Å². The third-order valence-corrected chi connectivity index (χ3v) is 7.30. The summed E-state index contributed by atoms with van der Waals surface area (Å²) in [6.07, 6.45) is 6.05.